The number of hydrogen-bond donors (Lipinski definition) is 2. The molecule has 1 unspecified atom stereocenters. The molecule has 2 N–H and O–H groups in total. The number of rotatable bonds is 9. The highest BCUT2D eigenvalue weighted by Gasteiger charge is 2.16. The molecule has 0 bridgehead atoms. The number of unbranched alkanes of at least 4 members (excludes halogenated alkanes) is 1. The fourth-order valence-electron chi connectivity index (χ4n) is 2.65. The van der Waals surface area contributed by atoms with Gasteiger partial charge in [-0.3, -0.25) is 4.79 Å². The van der Waals surface area contributed by atoms with Crippen molar-refractivity contribution in [2.24, 2.45) is 5.92 Å². The molecule has 1 rings (SSSR count). The predicted molar refractivity (Wildman–Crippen MR) is 85.4 cm³/mol. The second-order valence-corrected chi connectivity index (χ2v) is 5.59. The summed E-state index contributed by atoms with van der Waals surface area (Å²) in [6, 6.07) is 0.186. The Balaban J connectivity index is 0.00000361. The molecule has 4 nitrogen and oxygen atoms in total. The standard InChI is InChI=1S/C15H30N2O2.ClH/c1-3-4-5-14(12-19-2)17-15(18)7-6-13-8-10-16-11-9-13;/h13-14,16H,3-12H2,1-2H3,(H,17,18);1H. The summed E-state index contributed by atoms with van der Waals surface area (Å²) in [5.74, 6) is 0.917. The van der Waals surface area contributed by atoms with Crippen LogP contribution in [0, 0.1) is 5.92 Å². The van der Waals surface area contributed by atoms with E-state index in [0.717, 1.165) is 44.7 Å². The Bertz CT molecular complexity index is 246. The van der Waals surface area contributed by atoms with Gasteiger partial charge in [-0.2, -0.15) is 0 Å². The molecule has 120 valence electrons. The molecule has 1 aliphatic rings. The first kappa shape index (κ1) is 19.7. The van der Waals surface area contributed by atoms with Gasteiger partial charge in [-0.15, -0.1) is 12.4 Å². The van der Waals surface area contributed by atoms with E-state index in [1.165, 1.54) is 12.8 Å². The molecule has 0 aromatic carbocycles. The third-order valence-electron chi connectivity index (χ3n) is 3.88. The second kappa shape index (κ2) is 12.4. The maximum absolute atomic E-state index is 12.0. The summed E-state index contributed by atoms with van der Waals surface area (Å²) >= 11 is 0. The monoisotopic (exact) mass is 306 g/mol. The summed E-state index contributed by atoms with van der Waals surface area (Å²) in [6.45, 7) is 5.01. The second-order valence-electron chi connectivity index (χ2n) is 5.59. The van der Waals surface area contributed by atoms with Crippen LogP contribution in [0.2, 0.25) is 0 Å². The van der Waals surface area contributed by atoms with Gasteiger partial charge in [0, 0.05) is 13.5 Å². The van der Waals surface area contributed by atoms with Crippen LogP contribution in [0.3, 0.4) is 0 Å². The van der Waals surface area contributed by atoms with Crippen molar-refractivity contribution in [3.05, 3.63) is 0 Å². The van der Waals surface area contributed by atoms with Gasteiger partial charge < -0.3 is 15.4 Å². The molecule has 0 aliphatic carbocycles. The van der Waals surface area contributed by atoms with Crippen molar-refractivity contribution in [3.8, 4) is 0 Å². The summed E-state index contributed by atoms with van der Waals surface area (Å²) in [7, 11) is 1.69. The van der Waals surface area contributed by atoms with E-state index in [9.17, 15) is 4.79 Å². The van der Waals surface area contributed by atoms with Crippen LogP contribution in [0.25, 0.3) is 0 Å². The number of halogens is 1. The van der Waals surface area contributed by atoms with Crippen molar-refractivity contribution in [2.75, 3.05) is 26.8 Å². The molecular weight excluding hydrogens is 276 g/mol. The maximum atomic E-state index is 12.0. The topological polar surface area (TPSA) is 50.4 Å². The molecule has 5 heteroatoms. The average Bonchev–Trinajstić information content (AvgIpc) is 2.44. The number of carbonyl (C=O) groups excluding carboxylic acids is 1. The van der Waals surface area contributed by atoms with Crippen molar-refractivity contribution < 1.29 is 9.53 Å². The lowest BCUT2D eigenvalue weighted by Crippen LogP contribution is -2.38. The third kappa shape index (κ3) is 8.77. The Hall–Kier alpha value is -0.320. The Labute approximate surface area is 129 Å². The van der Waals surface area contributed by atoms with E-state index in [0.29, 0.717) is 13.0 Å². The molecule has 20 heavy (non-hydrogen) atoms. The van der Waals surface area contributed by atoms with Crippen LogP contribution < -0.4 is 10.6 Å². The van der Waals surface area contributed by atoms with Crippen LogP contribution in [0.4, 0.5) is 0 Å². The minimum Gasteiger partial charge on any atom is -0.383 e. The molecule has 1 saturated heterocycles. The summed E-state index contributed by atoms with van der Waals surface area (Å²) in [4.78, 5) is 12.0. The van der Waals surface area contributed by atoms with Gasteiger partial charge in [0.05, 0.1) is 12.6 Å². The van der Waals surface area contributed by atoms with Crippen LogP contribution in [-0.4, -0.2) is 38.8 Å². The Morgan fingerprint density at radius 1 is 1.40 bits per heavy atom. The predicted octanol–water partition coefficient (Wildman–Crippen LogP) is 2.51. The largest absolute Gasteiger partial charge is 0.383 e. The van der Waals surface area contributed by atoms with Crippen molar-refractivity contribution in [1.29, 1.82) is 0 Å². The molecule has 1 atom stereocenters. The van der Waals surface area contributed by atoms with Gasteiger partial charge in [-0.25, -0.2) is 0 Å². The van der Waals surface area contributed by atoms with Gasteiger partial charge in [0.2, 0.25) is 5.91 Å². The molecule has 0 spiro atoms. The highest BCUT2D eigenvalue weighted by atomic mass is 35.5. The van der Waals surface area contributed by atoms with Gasteiger partial charge >= 0.3 is 0 Å². The van der Waals surface area contributed by atoms with E-state index in [2.05, 4.69) is 17.6 Å². The number of hydrogen-bond acceptors (Lipinski definition) is 3. The van der Waals surface area contributed by atoms with Gasteiger partial charge in [-0.1, -0.05) is 19.8 Å². The summed E-state index contributed by atoms with van der Waals surface area (Å²) in [5, 5.41) is 6.47. The highest BCUT2D eigenvalue weighted by Crippen LogP contribution is 2.17. The molecule has 0 aromatic rings. The van der Waals surface area contributed by atoms with E-state index in [4.69, 9.17) is 4.74 Å². The molecule has 0 saturated carbocycles. The summed E-state index contributed by atoms with van der Waals surface area (Å²) in [6.07, 6.45) is 7.43. The zero-order valence-corrected chi connectivity index (χ0v) is 13.8. The smallest absolute Gasteiger partial charge is 0.220 e. The highest BCUT2D eigenvalue weighted by molar-refractivity contribution is 5.85. The van der Waals surface area contributed by atoms with Crippen LogP contribution in [0.5, 0.6) is 0 Å². The molecular formula is C15H31ClN2O2. The fraction of sp³-hybridized carbons (Fsp3) is 0.933. The minimum atomic E-state index is 0. The number of nitrogens with one attached hydrogen (secondary N) is 2. The zero-order chi connectivity index (χ0) is 13.9. The summed E-state index contributed by atoms with van der Waals surface area (Å²) in [5.41, 5.74) is 0. The lowest BCUT2D eigenvalue weighted by atomic mass is 9.93. The normalized spacial score (nSPS) is 17.3. The maximum Gasteiger partial charge on any atom is 0.220 e. The van der Waals surface area contributed by atoms with Crippen molar-refractivity contribution >= 4 is 18.3 Å². The quantitative estimate of drug-likeness (QED) is 0.688. The molecule has 1 amide bonds. The van der Waals surface area contributed by atoms with Gasteiger partial charge in [0.15, 0.2) is 0 Å². The first-order valence-corrected chi connectivity index (χ1v) is 7.75. The molecule has 1 fully saturated rings. The van der Waals surface area contributed by atoms with Crippen LogP contribution >= 0.6 is 12.4 Å². The van der Waals surface area contributed by atoms with E-state index in [-0.39, 0.29) is 24.4 Å². The molecule has 1 heterocycles. The number of amides is 1. The number of ether oxygens (including phenoxy) is 1. The lowest BCUT2D eigenvalue weighted by molar-refractivity contribution is -0.122. The van der Waals surface area contributed by atoms with Gasteiger partial charge in [0.25, 0.3) is 0 Å². The van der Waals surface area contributed by atoms with Crippen LogP contribution in [0.1, 0.15) is 51.9 Å². The van der Waals surface area contributed by atoms with Crippen molar-refractivity contribution in [2.45, 2.75) is 57.9 Å². The lowest BCUT2D eigenvalue weighted by Gasteiger charge is -2.23. The van der Waals surface area contributed by atoms with E-state index in [1.54, 1.807) is 7.11 Å². The van der Waals surface area contributed by atoms with E-state index >= 15 is 0 Å². The van der Waals surface area contributed by atoms with E-state index in [1.807, 2.05) is 0 Å². The number of piperidine rings is 1. The molecule has 0 aromatic heterocycles. The first-order chi connectivity index (χ1) is 9.26. The minimum absolute atomic E-state index is 0. The van der Waals surface area contributed by atoms with E-state index < -0.39 is 0 Å². The Morgan fingerprint density at radius 2 is 2.10 bits per heavy atom. The van der Waals surface area contributed by atoms with Crippen LogP contribution in [-0.2, 0) is 9.53 Å². The summed E-state index contributed by atoms with van der Waals surface area (Å²) < 4.78 is 5.17. The Morgan fingerprint density at radius 3 is 2.70 bits per heavy atom. The SMILES string of the molecule is CCCCC(COC)NC(=O)CCC1CCNCC1.Cl. The molecule has 0 radical (unpaired) electrons. The average molecular weight is 307 g/mol. The first-order valence-electron chi connectivity index (χ1n) is 7.75. The van der Waals surface area contributed by atoms with Gasteiger partial charge in [0.1, 0.15) is 0 Å². The third-order valence-corrected chi connectivity index (χ3v) is 3.88. The van der Waals surface area contributed by atoms with Crippen LogP contribution in [0.15, 0.2) is 0 Å². The zero-order valence-electron chi connectivity index (χ0n) is 13.0. The number of carbonyl (C=O) groups is 1. The number of methoxy groups -OCH3 is 1. The fourth-order valence-corrected chi connectivity index (χ4v) is 2.65. The molecule has 1 aliphatic heterocycles. The van der Waals surface area contributed by atoms with Crippen molar-refractivity contribution in [1.82, 2.24) is 10.6 Å². The Kier molecular flexibility index (Phi) is 12.2. The van der Waals surface area contributed by atoms with Crippen molar-refractivity contribution in [3.63, 3.8) is 0 Å². The van der Waals surface area contributed by atoms with Gasteiger partial charge in [-0.05, 0) is 44.7 Å².